The first-order valence-electron chi connectivity index (χ1n) is 49.9. The summed E-state index contributed by atoms with van der Waals surface area (Å²) in [5.74, 6) is 7.21. The maximum atomic E-state index is 13.5. The van der Waals surface area contributed by atoms with Gasteiger partial charge in [0.2, 0.25) is 5.88 Å². The predicted molar refractivity (Wildman–Crippen MR) is 542 cm³/mol. The first-order chi connectivity index (χ1) is 68.2. The van der Waals surface area contributed by atoms with E-state index < -0.39 is 6.61 Å². The molecule has 24 rings (SSSR count). The van der Waals surface area contributed by atoms with Crippen LogP contribution in [0.1, 0.15) is 176 Å². The van der Waals surface area contributed by atoms with E-state index in [1.54, 1.807) is 43.9 Å². The van der Waals surface area contributed by atoms with Gasteiger partial charge in [0.1, 0.15) is 50.6 Å². The van der Waals surface area contributed by atoms with Crippen molar-refractivity contribution in [3.05, 3.63) is 168 Å². The van der Waals surface area contributed by atoms with Crippen molar-refractivity contribution < 1.29 is 46.9 Å². The molecule has 6 atom stereocenters. The van der Waals surface area contributed by atoms with Crippen molar-refractivity contribution in [2.45, 2.75) is 179 Å². The molecular formula is C107H124F2N24O8. The third-order valence-corrected chi connectivity index (χ3v) is 30.0. The molecule has 4 aromatic carbocycles. The molecule has 141 heavy (non-hydrogen) atoms. The molecule has 34 heteroatoms. The number of benzene rings is 4. The number of pyridine rings is 4. The van der Waals surface area contributed by atoms with Crippen molar-refractivity contribution in [3.8, 4) is 69.2 Å². The molecule has 0 unspecified atom stereocenters. The number of nitrogens with zero attached hydrogens (tertiary/aromatic N) is 20. The lowest BCUT2D eigenvalue weighted by Crippen LogP contribution is -2.45. The van der Waals surface area contributed by atoms with Crippen molar-refractivity contribution in [2.24, 2.45) is 74.8 Å². The summed E-state index contributed by atoms with van der Waals surface area (Å²) < 4.78 is 65.9. The number of aromatic nitrogens is 16. The Morgan fingerprint density at radius 1 is 0.397 bits per heavy atom. The Kier molecular flexibility index (Phi) is 25.5. The zero-order chi connectivity index (χ0) is 97.8. The van der Waals surface area contributed by atoms with Gasteiger partial charge in [0, 0.05) is 198 Å². The molecule has 4 aliphatic carbocycles. The number of aryl methyl sites for hydroxylation is 5. The summed E-state index contributed by atoms with van der Waals surface area (Å²) >= 11 is 0. The molecule has 16 aromatic rings. The third kappa shape index (κ3) is 18.3. The van der Waals surface area contributed by atoms with Crippen LogP contribution < -0.4 is 41.9 Å². The number of hydrogen-bond donors (Lipinski definition) is 4. The number of rotatable bonds is 21. The average molecular weight is 1910 g/mol. The molecule has 8 aliphatic rings. The van der Waals surface area contributed by atoms with Crippen LogP contribution in [0, 0.1) is 30.6 Å². The second kappa shape index (κ2) is 38.4. The van der Waals surface area contributed by atoms with Gasteiger partial charge in [-0.2, -0.15) is 13.8 Å². The monoisotopic (exact) mass is 1910 g/mol. The Morgan fingerprint density at radius 2 is 0.766 bits per heavy atom. The lowest BCUT2D eigenvalue weighted by Gasteiger charge is -2.31. The van der Waals surface area contributed by atoms with E-state index in [9.17, 15) is 28.0 Å². The molecule has 4 saturated heterocycles. The summed E-state index contributed by atoms with van der Waals surface area (Å²) in [6, 6.07) is 39.8. The Hall–Kier alpha value is -13.7. The fourth-order valence-electron chi connectivity index (χ4n) is 21.8. The molecule has 4 aliphatic heterocycles. The summed E-state index contributed by atoms with van der Waals surface area (Å²) in [5, 5.41) is 4.27. The van der Waals surface area contributed by atoms with E-state index in [0.717, 1.165) is 231 Å². The number of nitrogens with two attached hydrogens (primary N) is 4. The van der Waals surface area contributed by atoms with Gasteiger partial charge in [-0.1, -0.05) is 0 Å². The van der Waals surface area contributed by atoms with Crippen molar-refractivity contribution >= 4 is 112 Å². The number of amides is 4. The summed E-state index contributed by atoms with van der Waals surface area (Å²) in [4.78, 5) is 99.3. The second-order valence-electron chi connectivity index (χ2n) is 40.2. The number of piperidine rings is 4. The van der Waals surface area contributed by atoms with Crippen LogP contribution in [0.3, 0.4) is 0 Å². The highest BCUT2D eigenvalue weighted by Gasteiger charge is 2.39. The minimum absolute atomic E-state index is 0.0202. The van der Waals surface area contributed by atoms with E-state index >= 15 is 0 Å². The number of ether oxygens (including phenoxy) is 4. The standard InChI is InChI=1S/C27H30F2N6O3.2C27H32N6O2.C26H30N6O/c1-33-23-19(10-17(12-21(23)38-27(28)29)26(36)34-9-3-4-18(30)14-34)31-25(33)20-11-16-7-8-22(37-2)32-24(16)35(20)13-15-5-6-15;2*1-16(17-8-9-17)33-22(13-18-6-4-10-29-25(18)33)26-30-21-12-19(14-23(35-3)24(21)31(26)2)27(34)32-11-5-7-20(28)15-32;1-16-11-22-21(13-20(16)26(33)31-10-4-6-19(27)15-31)29-25(30(22)2)23-12-18-5-3-9-28-24(18)32(23)14-17-7-8-17/h7-8,10-12,15,18,27H,3-6,9,13-14,30H2,1-2H3;2*4,6,10,12-14,16-17,20H,5,7-9,11,15,28H2,1-3H3;3,5,9,11-13,17,19H,4,6-8,10,14-15,27H2,1-2H3/t18-;16-,20+;16-,20-;19-/m1011/s1. The second-order valence-corrected chi connectivity index (χ2v) is 40.2. The van der Waals surface area contributed by atoms with Crippen LogP contribution in [-0.2, 0) is 41.3 Å². The Morgan fingerprint density at radius 3 is 1.17 bits per heavy atom. The zero-order valence-corrected chi connectivity index (χ0v) is 81.8. The van der Waals surface area contributed by atoms with Crippen LogP contribution in [0.25, 0.3) is 134 Å². The quantitative estimate of drug-likeness (QED) is 0.0519. The average Bonchev–Trinajstić information content (AvgIpc) is 1.61. The summed E-state index contributed by atoms with van der Waals surface area (Å²) in [5.41, 5.74) is 41.2. The lowest BCUT2D eigenvalue weighted by molar-refractivity contribution is -0.0490. The molecule has 4 saturated carbocycles. The van der Waals surface area contributed by atoms with Crippen molar-refractivity contribution in [1.82, 2.24) is 96.0 Å². The van der Waals surface area contributed by atoms with Crippen molar-refractivity contribution in [3.63, 3.8) is 0 Å². The SMILES string of the molecule is COc1cc(C(=O)N2CCC[C@@H](N)C2)cc2nc(-c3cc4cccnc4n3[C@@H](C)C3CC3)n(C)c12.COc1cc(C(=O)N2CCC[C@@H](N)C2)cc2nc(-c3cc4cccnc4n3[C@H](C)C3CC3)n(C)c12.COc1ccc2cc(-c3nc4cc(C(=O)N5CCC[C@@H](N)C5)cc(OC(F)F)c4n3C)n(CC3CC3)c2n1.Cc1cc2c(cc1C(=O)N1CCC[C@@H](N)C1)nc(-c1cc3cccnc3n1CC1CC1)n2C. The molecule has 4 amide bonds. The van der Waals surface area contributed by atoms with Gasteiger partial charge in [0.25, 0.3) is 23.6 Å². The van der Waals surface area contributed by atoms with Crippen molar-refractivity contribution in [1.29, 1.82) is 0 Å². The van der Waals surface area contributed by atoms with Crippen LogP contribution >= 0.6 is 0 Å². The van der Waals surface area contributed by atoms with Gasteiger partial charge in [-0.3, -0.25) is 19.2 Å². The first kappa shape index (κ1) is 93.6. The highest BCUT2D eigenvalue weighted by atomic mass is 19.3. The minimum Gasteiger partial charge on any atom is -0.494 e. The maximum Gasteiger partial charge on any atom is 0.387 e. The number of alkyl halides is 2. The number of methoxy groups -OCH3 is 3. The summed E-state index contributed by atoms with van der Waals surface area (Å²) in [6.45, 7) is 10.3. The Labute approximate surface area is 815 Å². The maximum absolute atomic E-state index is 13.5. The van der Waals surface area contributed by atoms with Crippen LogP contribution in [0.15, 0.2) is 140 Å². The van der Waals surface area contributed by atoms with Crippen LogP contribution in [0.5, 0.6) is 23.1 Å². The van der Waals surface area contributed by atoms with Crippen LogP contribution in [0.4, 0.5) is 8.78 Å². The fraction of sp³-hybridized carbons (Fsp3) is 0.439. The van der Waals surface area contributed by atoms with Gasteiger partial charge in [-0.25, -0.2) is 34.9 Å². The van der Waals surface area contributed by atoms with E-state index in [4.69, 9.17) is 71.8 Å². The molecular weight excluding hydrogens is 1790 g/mol. The molecule has 16 heterocycles. The summed E-state index contributed by atoms with van der Waals surface area (Å²) in [7, 11) is 12.7. The van der Waals surface area contributed by atoms with Crippen molar-refractivity contribution in [2.75, 3.05) is 73.7 Å². The molecule has 0 spiro atoms. The fourth-order valence-corrected chi connectivity index (χ4v) is 21.8. The summed E-state index contributed by atoms with van der Waals surface area (Å²) in [6.07, 6.45) is 22.7. The van der Waals surface area contributed by atoms with E-state index in [1.807, 2.05) is 121 Å². The highest BCUT2D eigenvalue weighted by Crippen LogP contribution is 2.48. The lowest BCUT2D eigenvalue weighted by atomic mass is 10.0. The predicted octanol–water partition coefficient (Wildman–Crippen LogP) is 16.3. The Bertz CT molecular complexity index is 7310. The van der Waals surface area contributed by atoms with Gasteiger partial charge in [-0.05, 0) is 268 Å². The molecule has 32 nitrogen and oxygen atoms in total. The molecule has 0 radical (unpaired) electrons. The molecule has 0 bridgehead atoms. The number of fused-ring (bicyclic) bond motifs is 8. The number of imidazole rings is 4. The van der Waals surface area contributed by atoms with Gasteiger partial charge < -0.3 is 98.0 Å². The Balaban J connectivity index is 0.000000112. The van der Waals surface area contributed by atoms with Crippen LogP contribution in [-0.4, -0.2) is 224 Å². The first-order valence-corrected chi connectivity index (χ1v) is 49.9. The number of likely N-dealkylation sites (tertiary alicyclic amines) is 4. The molecule has 8 fully saturated rings. The van der Waals surface area contributed by atoms with E-state index in [-0.39, 0.29) is 59.1 Å². The topological polar surface area (TPSA) is 365 Å². The minimum atomic E-state index is -3.05. The number of hydrogen-bond acceptors (Lipinski definition) is 20. The van der Waals surface area contributed by atoms with Gasteiger partial charge >= 0.3 is 6.61 Å². The number of carbonyl (C=O) groups excluding carboxylic acids is 4. The number of halogens is 2. The highest BCUT2D eigenvalue weighted by molar-refractivity contribution is 6.04. The van der Waals surface area contributed by atoms with E-state index in [0.29, 0.717) is 108 Å². The van der Waals surface area contributed by atoms with Gasteiger partial charge in [-0.15, -0.1) is 0 Å². The molecule has 734 valence electrons. The van der Waals surface area contributed by atoms with Crippen LogP contribution in [0.2, 0.25) is 0 Å². The normalized spacial score (nSPS) is 19.0. The van der Waals surface area contributed by atoms with Gasteiger partial charge in [0.15, 0.2) is 29.0 Å². The smallest absolute Gasteiger partial charge is 0.387 e. The number of carbonyl (C=O) groups is 4. The van der Waals surface area contributed by atoms with E-state index in [2.05, 4.69) is 105 Å². The zero-order valence-electron chi connectivity index (χ0n) is 81.8. The van der Waals surface area contributed by atoms with E-state index in [1.165, 1.54) is 44.6 Å². The molecule has 8 N–H and O–H groups in total. The third-order valence-electron chi connectivity index (χ3n) is 30.0. The van der Waals surface area contributed by atoms with Gasteiger partial charge in [0.05, 0.1) is 71.7 Å². The largest absolute Gasteiger partial charge is 0.494 e. The molecule has 12 aromatic heterocycles.